The summed E-state index contributed by atoms with van der Waals surface area (Å²) in [4.78, 5) is 14.1. The van der Waals surface area contributed by atoms with Crippen molar-refractivity contribution in [2.75, 3.05) is 18.4 Å². The van der Waals surface area contributed by atoms with Gasteiger partial charge in [-0.15, -0.1) is 0 Å². The molecule has 0 atom stereocenters. The van der Waals surface area contributed by atoms with Gasteiger partial charge in [0.05, 0.1) is 5.69 Å². The van der Waals surface area contributed by atoms with Gasteiger partial charge in [0.2, 0.25) is 5.91 Å². The van der Waals surface area contributed by atoms with Crippen molar-refractivity contribution in [3.05, 3.63) is 65.2 Å². The third-order valence-corrected chi connectivity index (χ3v) is 4.07. The first-order valence-electron chi connectivity index (χ1n) is 7.67. The highest BCUT2D eigenvalue weighted by Crippen LogP contribution is 2.19. The maximum Gasteiger partial charge on any atom is 0.224 e. The molecule has 0 bridgehead atoms. The number of carbonyl (C=O) groups excluding carboxylic acids is 1. The van der Waals surface area contributed by atoms with Gasteiger partial charge >= 0.3 is 0 Å². The van der Waals surface area contributed by atoms with Crippen LogP contribution in [0.5, 0.6) is 0 Å². The normalized spacial score (nSPS) is 13.6. The highest BCUT2D eigenvalue weighted by Gasteiger charge is 2.19. The Morgan fingerprint density at radius 1 is 1.13 bits per heavy atom. The number of halogens is 2. The Kier molecular flexibility index (Phi) is 4.55. The van der Waals surface area contributed by atoms with Crippen LogP contribution >= 0.6 is 0 Å². The molecular formula is C18H18F2N2O. The Morgan fingerprint density at radius 2 is 1.91 bits per heavy atom. The van der Waals surface area contributed by atoms with Crippen molar-refractivity contribution in [3.63, 3.8) is 0 Å². The van der Waals surface area contributed by atoms with E-state index in [1.165, 1.54) is 23.3 Å². The van der Waals surface area contributed by atoms with E-state index in [0.29, 0.717) is 19.6 Å². The van der Waals surface area contributed by atoms with E-state index < -0.39 is 11.6 Å². The van der Waals surface area contributed by atoms with Gasteiger partial charge in [0.25, 0.3) is 0 Å². The van der Waals surface area contributed by atoms with Crippen LogP contribution in [0.2, 0.25) is 0 Å². The summed E-state index contributed by atoms with van der Waals surface area (Å²) in [6.07, 6.45) is 1.14. The molecule has 3 nitrogen and oxygen atoms in total. The molecule has 0 saturated heterocycles. The lowest BCUT2D eigenvalue weighted by Gasteiger charge is -2.29. The molecule has 1 aliphatic rings. The Hall–Kier alpha value is -2.43. The predicted molar refractivity (Wildman–Crippen MR) is 85.0 cm³/mol. The Labute approximate surface area is 133 Å². The first-order chi connectivity index (χ1) is 11.1. The van der Waals surface area contributed by atoms with E-state index in [0.717, 1.165) is 12.5 Å². The number of nitrogens with zero attached hydrogens (tertiary/aromatic N) is 1. The van der Waals surface area contributed by atoms with Crippen molar-refractivity contribution in [2.24, 2.45) is 0 Å². The van der Waals surface area contributed by atoms with E-state index >= 15 is 0 Å². The number of hydrogen-bond acceptors (Lipinski definition) is 2. The number of nitrogens with one attached hydrogen (secondary N) is 1. The molecule has 23 heavy (non-hydrogen) atoms. The lowest BCUT2D eigenvalue weighted by atomic mass is 10.00. The van der Waals surface area contributed by atoms with Gasteiger partial charge in [0.1, 0.15) is 11.6 Å². The minimum atomic E-state index is -0.649. The Morgan fingerprint density at radius 3 is 2.70 bits per heavy atom. The summed E-state index contributed by atoms with van der Waals surface area (Å²) >= 11 is 0. The largest absolute Gasteiger partial charge is 0.382 e. The topological polar surface area (TPSA) is 32.3 Å². The van der Waals surface area contributed by atoms with Crippen molar-refractivity contribution in [1.82, 2.24) is 4.90 Å². The SMILES string of the molecule is O=C(CCNc1ccc(F)cc1F)N1CCc2ccccc2C1. The standard InChI is InChI=1S/C18H18F2N2O/c19-15-5-6-17(16(20)11-15)21-9-7-18(23)22-10-8-13-3-1-2-4-14(13)12-22/h1-6,11,21H,7-10,12H2. The van der Waals surface area contributed by atoms with E-state index in [-0.39, 0.29) is 18.0 Å². The summed E-state index contributed by atoms with van der Waals surface area (Å²) < 4.78 is 26.3. The molecule has 2 aromatic rings. The summed E-state index contributed by atoms with van der Waals surface area (Å²) in [7, 11) is 0. The molecular weight excluding hydrogens is 298 g/mol. The van der Waals surface area contributed by atoms with Gasteiger partial charge in [-0.2, -0.15) is 0 Å². The molecule has 0 spiro atoms. The maximum atomic E-state index is 13.5. The van der Waals surface area contributed by atoms with Crippen LogP contribution in [0.15, 0.2) is 42.5 Å². The van der Waals surface area contributed by atoms with Gasteiger partial charge in [-0.05, 0) is 29.7 Å². The molecule has 0 unspecified atom stereocenters. The average Bonchev–Trinajstić information content (AvgIpc) is 2.56. The molecule has 1 amide bonds. The summed E-state index contributed by atoms with van der Waals surface area (Å²) in [5, 5.41) is 2.84. The van der Waals surface area contributed by atoms with Crippen molar-refractivity contribution >= 4 is 11.6 Å². The molecule has 1 aliphatic heterocycles. The third-order valence-electron chi connectivity index (χ3n) is 4.07. The van der Waals surface area contributed by atoms with Crippen LogP contribution in [0.25, 0.3) is 0 Å². The van der Waals surface area contributed by atoms with E-state index in [1.54, 1.807) is 0 Å². The van der Waals surface area contributed by atoms with Crippen LogP contribution in [-0.2, 0) is 17.8 Å². The van der Waals surface area contributed by atoms with Crippen molar-refractivity contribution in [3.8, 4) is 0 Å². The molecule has 5 heteroatoms. The second-order valence-electron chi connectivity index (χ2n) is 5.63. The smallest absolute Gasteiger partial charge is 0.224 e. The van der Waals surface area contributed by atoms with Crippen LogP contribution in [-0.4, -0.2) is 23.9 Å². The van der Waals surface area contributed by atoms with Gasteiger partial charge in [-0.25, -0.2) is 8.78 Å². The van der Waals surface area contributed by atoms with Crippen LogP contribution < -0.4 is 5.32 Å². The number of amides is 1. The fraction of sp³-hybridized carbons (Fsp3) is 0.278. The van der Waals surface area contributed by atoms with Gasteiger partial charge < -0.3 is 10.2 Å². The minimum Gasteiger partial charge on any atom is -0.382 e. The molecule has 0 radical (unpaired) electrons. The number of carbonyl (C=O) groups is 1. The minimum absolute atomic E-state index is 0.0366. The fourth-order valence-electron chi connectivity index (χ4n) is 2.80. The van der Waals surface area contributed by atoms with E-state index in [9.17, 15) is 13.6 Å². The average molecular weight is 316 g/mol. The van der Waals surface area contributed by atoms with E-state index in [1.807, 2.05) is 23.1 Å². The summed E-state index contributed by atoms with van der Waals surface area (Å²) in [5.74, 6) is -1.23. The number of benzene rings is 2. The molecule has 1 heterocycles. The van der Waals surface area contributed by atoms with E-state index in [4.69, 9.17) is 0 Å². The molecule has 0 aromatic heterocycles. The second-order valence-corrected chi connectivity index (χ2v) is 5.63. The molecule has 0 aliphatic carbocycles. The van der Waals surface area contributed by atoms with Gasteiger partial charge in [0, 0.05) is 32.1 Å². The zero-order valence-electron chi connectivity index (χ0n) is 12.7. The Bertz CT molecular complexity index is 718. The quantitative estimate of drug-likeness (QED) is 0.938. The molecule has 2 aromatic carbocycles. The number of rotatable bonds is 4. The van der Waals surface area contributed by atoms with Gasteiger partial charge in [-0.1, -0.05) is 24.3 Å². The third kappa shape index (κ3) is 3.67. The van der Waals surface area contributed by atoms with E-state index in [2.05, 4.69) is 11.4 Å². The maximum absolute atomic E-state index is 13.5. The monoisotopic (exact) mass is 316 g/mol. The molecule has 1 N–H and O–H groups in total. The predicted octanol–water partition coefficient (Wildman–Crippen LogP) is 3.35. The molecule has 120 valence electrons. The molecule has 0 saturated carbocycles. The summed E-state index contributed by atoms with van der Waals surface area (Å²) in [5.41, 5.74) is 2.69. The number of fused-ring (bicyclic) bond motifs is 1. The fourth-order valence-corrected chi connectivity index (χ4v) is 2.80. The van der Waals surface area contributed by atoms with Crippen molar-refractivity contribution in [2.45, 2.75) is 19.4 Å². The summed E-state index contributed by atoms with van der Waals surface area (Å²) in [6.45, 7) is 1.65. The first-order valence-corrected chi connectivity index (χ1v) is 7.67. The molecule has 3 rings (SSSR count). The highest BCUT2D eigenvalue weighted by molar-refractivity contribution is 5.77. The lowest BCUT2D eigenvalue weighted by Crippen LogP contribution is -2.36. The lowest BCUT2D eigenvalue weighted by molar-refractivity contribution is -0.131. The van der Waals surface area contributed by atoms with Crippen LogP contribution in [0, 0.1) is 11.6 Å². The zero-order valence-corrected chi connectivity index (χ0v) is 12.7. The Balaban J connectivity index is 1.52. The second kappa shape index (κ2) is 6.77. The van der Waals surface area contributed by atoms with Gasteiger partial charge in [0.15, 0.2) is 0 Å². The summed E-state index contributed by atoms with van der Waals surface area (Å²) in [6, 6.07) is 11.5. The number of hydrogen-bond donors (Lipinski definition) is 1. The number of anilines is 1. The van der Waals surface area contributed by atoms with Crippen LogP contribution in [0.1, 0.15) is 17.5 Å². The van der Waals surface area contributed by atoms with Crippen LogP contribution in [0.3, 0.4) is 0 Å². The zero-order chi connectivity index (χ0) is 16.2. The van der Waals surface area contributed by atoms with Crippen molar-refractivity contribution in [1.29, 1.82) is 0 Å². The highest BCUT2D eigenvalue weighted by atomic mass is 19.1. The van der Waals surface area contributed by atoms with Crippen LogP contribution in [0.4, 0.5) is 14.5 Å². The van der Waals surface area contributed by atoms with Gasteiger partial charge in [-0.3, -0.25) is 4.79 Å². The molecule has 0 fully saturated rings. The first kappa shape index (κ1) is 15.5. The van der Waals surface area contributed by atoms with Crippen molar-refractivity contribution < 1.29 is 13.6 Å².